The van der Waals surface area contributed by atoms with E-state index in [0.29, 0.717) is 5.92 Å². The van der Waals surface area contributed by atoms with E-state index in [0.717, 1.165) is 30.8 Å². The lowest BCUT2D eigenvalue weighted by atomic mass is 9.91. The van der Waals surface area contributed by atoms with Crippen molar-refractivity contribution in [3.8, 4) is 20.9 Å². The second-order valence-corrected chi connectivity index (χ2v) is 14.4. The maximum Gasteiger partial charge on any atom is 0.113 e. The molecule has 0 radical (unpaired) electrons. The number of para-hydroxylation sites is 1. The highest BCUT2D eigenvalue weighted by molar-refractivity contribution is 7.27. The summed E-state index contributed by atoms with van der Waals surface area (Å²) in [4.78, 5) is 9.80. The number of thiophene rings is 2. The highest BCUT2D eigenvalue weighted by Crippen LogP contribution is 2.46. The Balaban J connectivity index is 1.10. The highest BCUT2D eigenvalue weighted by Gasteiger charge is 2.22. The largest absolute Gasteiger partial charge is 0.302 e. The van der Waals surface area contributed by atoms with Gasteiger partial charge in [0.1, 0.15) is 10.8 Å². The second-order valence-electron chi connectivity index (χ2n) is 12.3. The molecule has 9 rings (SSSR count). The van der Waals surface area contributed by atoms with E-state index in [1.54, 1.807) is 0 Å². The standard InChI is InChI=1S/C43H33N3S2/c1-3-11-30(12-4-1)32-18-22-34(23-19-32)45(35-24-20-33(21-25-35)31-13-5-2-6-14-31)42-27-26-39(47-42)40-29-38-43(48-40)36-15-7-8-16-37(36)46(38)41-17-9-10-28-44-41/h1-8,10-16,18-20,22-29,33H,9,17,21H2. The smallest absolute Gasteiger partial charge is 0.113 e. The third-order valence-corrected chi connectivity index (χ3v) is 11.7. The Morgan fingerprint density at radius 1 is 0.708 bits per heavy atom. The fourth-order valence-corrected chi connectivity index (χ4v) is 9.24. The lowest BCUT2D eigenvalue weighted by Crippen LogP contribution is -2.16. The van der Waals surface area contributed by atoms with Crippen molar-refractivity contribution in [3.63, 3.8) is 0 Å². The van der Waals surface area contributed by atoms with Gasteiger partial charge in [-0.2, -0.15) is 0 Å². The van der Waals surface area contributed by atoms with Crippen molar-refractivity contribution in [2.45, 2.75) is 25.2 Å². The molecule has 0 fully saturated rings. The minimum atomic E-state index is 0.389. The molecule has 3 nitrogen and oxygen atoms in total. The Kier molecular flexibility index (Phi) is 7.49. The van der Waals surface area contributed by atoms with Gasteiger partial charge in [-0.1, -0.05) is 109 Å². The number of aliphatic imine (C=N–C) groups is 1. The van der Waals surface area contributed by atoms with Crippen LogP contribution in [0.5, 0.6) is 0 Å². The number of hydrogen-bond acceptors (Lipinski definition) is 4. The zero-order valence-electron chi connectivity index (χ0n) is 26.4. The molecule has 4 aromatic carbocycles. The van der Waals surface area contributed by atoms with Crippen LogP contribution < -0.4 is 4.90 Å². The number of benzene rings is 4. The van der Waals surface area contributed by atoms with Crippen LogP contribution in [0, 0.1) is 0 Å². The average Bonchev–Trinajstić information content (AvgIpc) is 3.89. The monoisotopic (exact) mass is 655 g/mol. The number of anilines is 2. The molecule has 3 aromatic heterocycles. The molecular formula is C43H33N3S2. The van der Waals surface area contributed by atoms with Crippen LogP contribution >= 0.6 is 22.7 Å². The average molecular weight is 656 g/mol. The van der Waals surface area contributed by atoms with Crippen molar-refractivity contribution in [1.82, 2.24) is 4.57 Å². The van der Waals surface area contributed by atoms with Crippen LogP contribution in [-0.2, 0) is 0 Å². The molecule has 0 amide bonds. The van der Waals surface area contributed by atoms with E-state index in [1.807, 2.05) is 28.9 Å². The van der Waals surface area contributed by atoms with Crippen molar-refractivity contribution in [2.75, 3.05) is 4.90 Å². The summed E-state index contributed by atoms with van der Waals surface area (Å²) >= 11 is 3.74. The van der Waals surface area contributed by atoms with E-state index in [4.69, 9.17) is 4.99 Å². The van der Waals surface area contributed by atoms with Crippen LogP contribution in [0.3, 0.4) is 0 Å². The molecule has 0 saturated carbocycles. The summed E-state index contributed by atoms with van der Waals surface area (Å²) in [5.41, 5.74) is 8.67. The minimum Gasteiger partial charge on any atom is -0.302 e. The van der Waals surface area contributed by atoms with Crippen molar-refractivity contribution in [2.24, 2.45) is 4.99 Å². The normalized spacial score (nSPS) is 16.0. The van der Waals surface area contributed by atoms with E-state index in [1.165, 1.54) is 58.3 Å². The lowest BCUT2D eigenvalue weighted by molar-refractivity contribution is 0.840. The molecule has 0 spiro atoms. The number of rotatable bonds is 6. The van der Waals surface area contributed by atoms with Gasteiger partial charge in [0, 0.05) is 45.1 Å². The van der Waals surface area contributed by atoms with Crippen molar-refractivity contribution >= 4 is 60.3 Å². The summed E-state index contributed by atoms with van der Waals surface area (Å²) in [6.45, 7) is 0. The number of hydrogen-bond donors (Lipinski definition) is 0. The van der Waals surface area contributed by atoms with Crippen LogP contribution in [0.2, 0.25) is 0 Å². The summed E-state index contributed by atoms with van der Waals surface area (Å²) in [5, 5.41) is 2.50. The topological polar surface area (TPSA) is 20.5 Å². The molecule has 1 unspecified atom stereocenters. The molecule has 48 heavy (non-hydrogen) atoms. The molecule has 0 bridgehead atoms. The fraction of sp³-hybridized carbons (Fsp3) is 0.0930. The quantitative estimate of drug-likeness (QED) is 0.175. The van der Waals surface area contributed by atoms with Crippen molar-refractivity contribution in [3.05, 3.63) is 169 Å². The van der Waals surface area contributed by atoms with Crippen LogP contribution in [0.15, 0.2) is 169 Å². The van der Waals surface area contributed by atoms with Gasteiger partial charge in [0.15, 0.2) is 0 Å². The van der Waals surface area contributed by atoms with Gasteiger partial charge < -0.3 is 4.90 Å². The number of allylic oxidation sites excluding steroid dienone is 4. The van der Waals surface area contributed by atoms with Crippen molar-refractivity contribution < 1.29 is 0 Å². The van der Waals surface area contributed by atoms with Crippen LogP contribution in [0.1, 0.15) is 30.7 Å². The van der Waals surface area contributed by atoms with E-state index in [2.05, 4.69) is 161 Å². The summed E-state index contributed by atoms with van der Waals surface area (Å²) in [6.07, 6.45) is 14.1. The molecule has 1 aliphatic heterocycles. The maximum atomic E-state index is 4.80. The Morgan fingerprint density at radius 2 is 1.48 bits per heavy atom. The van der Waals surface area contributed by atoms with Gasteiger partial charge >= 0.3 is 0 Å². The number of aromatic nitrogens is 1. The molecule has 1 aliphatic carbocycles. The third kappa shape index (κ3) is 5.26. The highest BCUT2D eigenvalue weighted by atomic mass is 32.1. The molecule has 0 N–H and O–H groups in total. The number of nitrogens with zero attached hydrogens (tertiary/aromatic N) is 3. The van der Waals surface area contributed by atoms with Gasteiger partial charge in [0.2, 0.25) is 0 Å². The molecule has 0 saturated heterocycles. The summed E-state index contributed by atoms with van der Waals surface area (Å²) < 4.78 is 3.70. The Morgan fingerprint density at radius 3 is 2.25 bits per heavy atom. The zero-order chi connectivity index (χ0) is 31.9. The van der Waals surface area contributed by atoms with Crippen molar-refractivity contribution in [1.29, 1.82) is 0 Å². The van der Waals surface area contributed by atoms with Gasteiger partial charge in [0.05, 0.1) is 15.7 Å². The molecular weight excluding hydrogens is 623 g/mol. The predicted octanol–water partition coefficient (Wildman–Crippen LogP) is 12.6. The van der Waals surface area contributed by atoms with Gasteiger partial charge in [0.25, 0.3) is 0 Å². The zero-order valence-corrected chi connectivity index (χ0v) is 28.0. The fourth-order valence-electron chi connectivity index (χ4n) is 6.93. The van der Waals surface area contributed by atoms with Crippen LogP contribution in [-0.4, -0.2) is 10.4 Å². The van der Waals surface area contributed by atoms with E-state index >= 15 is 0 Å². The predicted molar refractivity (Wildman–Crippen MR) is 207 cm³/mol. The Labute approximate surface area is 288 Å². The minimum absolute atomic E-state index is 0.389. The Hall–Kier alpha value is -5.23. The Bertz CT molecular complexity index is 2370. The third-order valence-electron chi connectivity index (χ3n) is 9.32. The van der Waals surface area contributed by atoms with Gasteiger partial charge in [-0.3, -0.25) is 4.57 Å². The SMILES string of the molecule is C1=CN=C(n2c3ccccc3c3sc(-c4ccc(N(C5=CCC(c6ccccc6)C=C5)c5ccc(-c6ccccc6)cc5)s4)cc32)CC1. The summed E-state index contributed by atoms with van der Waals surface area (Å²) in [6, 6.07) is 46.1. The van der Waals surface area contributed by atoms with Gasteiger partial charge in [-0.05, 0) is 72.0 Å². The van der Waals surface area contributed by atoms with Gasteiger partial charge in [-0.15, -0.1) is 22.7 Å². The first kappa shape index (κ1) is 29.0. The van der Waals surface area contributed by atoms with E-state index < -0.39 is 0 Å². The first-order chi connectivity index (χ1) is 23.8. The van der Waals surface area contributed by atoms with Gasteiger partial charge in [-0.25, -0.2) is 4.99 Å². The number of fused-ring (bicyclic) bond motifs is 3. The van der Waals surface area contributed by atoms with Crippen LogP contribution in [0.25, 0.3) is 42.0 Å². The summed E-state index contributed by atoms with van der Waals surface area (Å²) in [5.74, 6) is 1.51. The molecule has 2 aliphatic rings. The van der Waals surface area contributed by atoms with E-state index in [9.17, 15) is 0 Å². The second kappa shape index (κ2) is 12.4. The lowest BCUT2D eigenvalue weighted by Gasteiger charge is -2.28. The maximum absolute atomic E-state index is 4.80. The first-order valence-electron chi connectivity index (χ1n) is 16.5. The molecule has 7 aromatic rings. The molecule has 5 heteroatoms. The molecule has 1 atom stereocenters. The molecule has 4 heterocycles. The first-order valence-corrected chi connectivity index (χ1v) is 18.2. The molecule has 232 valence electrons. The summed E-state index contributed by atoms with van der Waals surface area (Å²) in [7, 11) is 0. The van der Waals surface area contributed by atoms with Crippen LogP contribution in [0.4, 0.5) is 10.7 Å². The van der Waals surface area contributed by atoms with E-state index in [-0.39, 0.29) is 0 Å².